The zero-order valence-electron chi connectivity index (χ0n) is 12.8. The lowest BCUT2D eigenvalue weighted by Gasteiger charge is -2.39. The summed E-state index contributed by atoms with van der Waals surface area (Å²) < 4.78 is 2.23. The van der Waals surface area contributed by atoms with E-state index in [1.165, 1.54) is 5.69 Å². The van der Waals surface area contributed by atoms with Crippen molar-refractivity contribution < 1.29 is 4.79 Å². The van der Waals surface area contributed by atoms with Crippen LogP contribution in [0, 0.1) is 5.92 Å². The molecule has 0 saturated carbocycles. The minimum atomic E-state index is -0.0755. The highest BCUT2D eigenvalue weighted by atomic mass is 35.5. The molecule has 0 spiro atoms. The summed E-state index contributed by atoms with van der Waals surface area (Å²) in [7, 11) is 0. The van der Waals surface area contributed by atoms with E-state index in [1.54, 1.807) is 12.1 Å². The molecule has 116 valence electrons. The van der Waals surface area contributed by atoms with Gasteiger partial charge in [0.15, 0.2) is 0 Å². The van der Waals surface area contributed by atoms with Crippen LogP contribution in [0.2, 0.25) is 5.02 Å². The molecule has 2 amide bonds. The fourth-order valence-corrected chi connectivity index (χ4v) is 3.29. The second-order valence-electron chi connectivity index (χ2n) is 5.95. The second-order valence-corrected chi connectivity index (χ2v) is 6.39. The molecule has 1 N–H and O–H groups in total. The molecular weight excluding hydrogens is 298 g/mol. The van der Waals surface area contributed by atoms with E-state index in [4.69, 9.17) is 11.6 Å². The summed E-state index contributed by atoms with van der Waals surface area (Å²) in [5.74, 6) is 0.346. The van der Waals surface area contributed by atoms with E-state index in [9.17, 15) is 4.79 Å². The first kappa shape index (κ1) is 15.0. The number of nitrogens with one attached hydrogen (secondary N) is 1. The average Bonchev–Trinajstić information content (AvgIpc) is 2.94. The number of amides is 2. The van der Waals surface area contributed by atoms with Gasteiger partial charge < -0.3 is 14.8 Å². The van der Waals surface area contributed by atoms with E-state index in [1.807, 2.05) is 23.1 Å². The highest BCUT2D eigenvalue weighted by Crippen LogP contribution is 2.32. The van der Waals surface area contributed by atoms with Gasteiger partial charge in [-0.1, -0.05) is 31.5 Å². The number of hydrogen-bond acceptors (Lipinski definition) is 1. The number of carbonyl (C=O) groups is 1. The van der Waals surface area contributed by atoms with Crippen molar-refractivity contribution in [1.29, 1.82) is 0 Å². The Hall–Kier alpha value is -1.94. The van der Waals surface area contributed by atoms with Crippen molar-refractivity contribution in [2.45, 2.75) is 26.4 Å². The largest absolute Gasteiger partial charge is 0.348 e. The Morgan fingerprint density at radius 2 is 2.09 bits per heavy atom. The van der Waals surface area contributed by atoms with E-state index in [0.717, 1.165) is 12.2 Å². The Bertz CT molecular complexity index is 680. The molecule has 3 rings (SSSR count). The quantitative estimate of drug-likeness (QED) is 0.876. The Morgan fingerprint density at radius 3 is 2.82 bits per heavy atom. The molecule has 1 aromatic carbocycles. The minimum Gasteiger partial charge on any atom is -0.348 e. The maximum atomic E-state index is 12.7. The van der Waals surface area contributed by atoms with Gasteiger partial charge in [0.1, 0.15) is 0 Å². The zero-order valence-corrected chi connectivity index (χ0v) is 13.5. The van der Waals surface area contributed by atoms with Crippen molar-refractivity contribution in [3.05, 3.63) is 53.3 Å². The summed E-state index contributed by atoms with van der Waals surface area (Å²) in [5.41, 5.74) is 1.92. The van der Waals surface area contributed by atoms with Gasteiger partial charge in [-0.05, 0) is 36.2 Å². The van der Waals surface area contributed by atoms with E-state index in [0.29, 0.717) is 17.5 Å². The van der Waals surface area contributed by atoms with Gasteiger partial charge in [0.25, 0.3) is 0 Å². The Labute approximate surface area is 135 Å². The molecule has 0 bridgehead atoms. The number of carbonyl (C=O) groups excluding carboxylic acids is 1. The summed E-state index contributed by atoms with van der Waals surface area (Å²) >= 11 is 5.98. The maximum absolute atomic E-state index is 12.7. The fourth-order valence-electron chi connectivity index (χ4n) is 3.10. The Balaban J connectivity index is 1.82. The molecule has 1 aliphatic rings. The van der Waals surface area contributed by atoms with Crippen LogP contribution in [0.25, 0.3) is 0 Å². The average molecular weight is 318 g/mol. The number of nitrogens with zero attached hydrogens (tertiary/aromatic N) is 2. The van der Waals surface area contributed by atoms with Crippen LogP contribution in [-0.2, 0) is 6.54 Å². The van der Waals surface area contributed by atoms with Gasteiger partial charge in [-0.2, -0.15) is 0 Å². The Kier molecular flexibility index (Phi) is 4.12. The number of urea groups is 1. The van der Waals surface area contributed by atoms with Gasteiger partial charge >= 0.3 is 6.03 Å². The molecule has 0 saturated heterocycles. The molecule has 0 fully saturated rings. The van der Waals surface area contributed by atoms with Gasteiger partial charge in [-0.3, -0.25) is 0 Å². The molecule has 1 atom stereocenters. The molecule has 1 aliphatic heterocycles. The number of fused-ring (bicyclic) bond motifs is 1. The summed E-state index contributed by atoms with van der Waals surface area (Å²) in [6.07, 6.45) is 2.08. The van der Waals surface area contributed by atoms with Crippen LogP contribution < -0.4 is 5.32 Å². The third kappa shape index (κ3) is 2.83. The summed E-state index contributed by atoms with van der Waals surface area (Å²) in [6.45, 7) is 5.82. The van der Waals surface area contributed by atoms with Crippen molar-refractivity contribution in [2.24, 2.45) is 5.92 Å². The van der Waals surface area contributed by atoms with E-state index < -0.39 is 0 Å². The van der Waals surface area contributed by atoms with Crippen molar-refractivity contribution in [1.82, 2.24) is 9.47 Å². The van der Waals surface area contributed by atoms with Crippen LogP contribution in [0.15, 0.2) is 42.6 Å². The van der Waals surface area contributed by atoms with Gasteiger partial charge in [-0.25, -0.2) is 4.79 Å². The summed E-state index contributed by atoms with van der Waals surface area (Å²) in [6, 6.07) is 11.4. The monoisotopic (exact) mass is 317 g/mol. The first-order valence-corrected chi connectivity index (χ1v) is 7.92. The van der Waals surface area contributed by atoms with Gasteiger partial charge in [0, 0.05) is 35.7 Å². The van der Waals surface area contributed by atoms with Crippen molar-refractivity contribution in [2.75, 3.05) is 11.9 Å². The van der Waals surface area contributed by atoms with E-state index in [-0.39, 0.29) is 12.1 Å². The molecule has 0 aliphatic carbocycles. The van der Waals surface area contributed by atoms with Crippen molar-refractivity contribution in [3.63, 3.8) is 0 Å². The molecule has 0 radical (unpaired) electrons. The van der Waals surface area contributed by atoms with Gasteiger partial charge in [0.05, 0.1) is 6.04 Å². The predicted octanol–water partition coefficient (Wildman–Crippen LogP) is 4.39. The lowest BCUT2D eigenvalue weighted by molar-refractivity contribution is 0.144. The third-order valence-electron chi connectivity index (χ3n) is 4.05. The van der Waals surface area contributed by atoms with Crippen LogP contribution in [0.3, 0.4) is 0 Å². The number of aromatic nitrogens is 1. The fraction of sp³-hybridized carbons (Fsp3) is 0.353. The molecule has 1 unspecified atom stereocenters. The molecule has 1 aromatic heterocycles. The number of hydrogen-bond donors (Lipinski definition) is 1. The van der Waals surface area contributed by atoms with Crippen LogP contribution in [0.4, 0.5) is 10.5 Å². The van der Waals surface area contributed by atoms with Crippen molar-refractivity contribution >= 4 is 23.3 Å². The van der Waals surface area contributed by atoms with Gasteiger partial charge in [0.2, 0.25) is 0 Å². The third-order valence-corrected chi connectivity index (χ3v) is 4.29. The molecule has 5 heteroatoms. The lowest BCUT2D eigenvalue weighted by atomic mass is 9.97. The summed E-state index contributed by atoms with van der Waals surface area (Å²) in [5, 5.41) is 3.57. The van der Waals surface area contributed by atoms with Crippen molar-refractivity contribution in [3.8, 4) is 0 Å². The topological polar surface area (TPSA) is 37.3 Å². The number of anilines is 1. The molecular formula is C17H20ClN3O. The lowest BCUT2D eigenvalue weighted by Crippen LogP contribution is -2.45. The van der Waals surface area contributed by atoms with Crippen LogP contribution >= 0.6 is 11.6 Å². The first-order chi connectivity index (χ1) is 10.6. The van der Waals surface area contributed by atoms with E-state index in [2.05, 4.69) is 36.0 Å². The number of halogens is 1. The Morgan fingerprint density at radius 1 is 1.27 bits per heavy atom. The first-order valence-electron chi connectivity index (χ1n) is 7.54. The highest BCUT2D eigenvalue weighted by Gasteiger charge is 2.32. The van der Waals surface area contributed by atoms with E-state index >= 15 is 0 Å². The SMILES string of the molecule is CC(C)C1c2cccn2CCN1C(=O)Nc1cccc(Cl)c1. The number of rotatable bonds is 2. The van der Waals surface area contributed by atoms with Gasteiger partial charge in [-0.15, -0.1) is 0 Å². The second kappa shape index (κ2) is 6.05. The molecule has 2 heterocycles. The normalized spacial score (nSPS) is 17.5. The standard InChI is InChI=1S/C17H20ClN3O/c1-12(2)16-15-7-4-8-20(15)9-10-21(16)17(22)19-14-6-3-5-13(18)11-14/h3-8,11-12,16H,9-10H2,1-2H3,(H,19,22). The van der Waals surface area contributed by atoms with Crippen LogP contribution in [0.1, 0.15) is 25.6 Å². The minimum absolute atomic E-state index is 0.0755. The number of benzene rings is 1. The smallest absolute Gasteiger partial charge is 0.322 e. The molecule has 22 heavy (non-hydrogen) atoms. The predicted molar refractivity (Wildman–Crippen MR) is 89.2 cm³/mol. The highest BCUT2D eigenvalue weighted by molar-refractivity contribution is 6.30. The maximum Gasteiger partial charge on any atom is 0.322 e. The van der Waals surface area contributed by atoms with Crippen LogP contribution in [-0.4, -0.2) is 22.0 Å². The molecule has 2 aromatic rings. The summed E-state index contributed by atoms with van der Waals surface area (Å²) in [4.78, 5) is 14.6. The van der Waals surface area contributed by atoms with Crippen LogP contribution in [0.5, 0.6) is 0 Å². The molecule has 4 nitrogen and oxygen atoms in total. The zero-order chi connectivity index (χ0) is 15.7.